The third-order valence-electron chi connectivity index (χ3n) is 1.91. The maximum absolute atomic E-state index is 11.9. The van der Waals surface area contributed by atoms with E-state index in [1.807, 2.05) is 0 Å². The summed E-state index contributed by atoms with van der Waals surface area (Å²) in [6.07, 6.45) is 0. The maximum Gasteiger partial charge on any atom is 0.241 e. The fourth-order valence-corrected chi connectivity index (χ4v) is 3.64. The van der Waals surface area contributed by atoms with E-state index in [0.29, 0.717) is 11.0 Å². The number of nitrogens with two attached hydrogens (primary N) is 1. The Balaban J connectivity index is 3.14. The molecule has 90 valence electrons. The van der Waals surface area contributed by atoms with Crippen molar-refractivity contribution in [1.29, 1.82) is 0 Å². The number of hydrogen-bond donors (Lipinski definition) is 2. The lowest BCUT2D eigenvalue weighted by Gasteiger charge is -2.11. The van der Waals surface area contributed by atoms with Crippen molar-refractivity contribution in [3.05, 3.63) is 28.2 Å². The molecule has 0 unspecified atom stereocenters. The van der Waals surface area contributed by atoms with Crippen molar-refractivity contribution in [2.24, 2.45) is 5.73 Å². The van der Waals surface area contributed by atoms with Crippen LogP contribution in [0.3, 0.4) is 0 Å². The summed E-state index contributed by atoms with van der Waals surface area (Å²) in [5.41, 5.74) is 6.36. The van der Waals surface area contributed by atoms with Crippen molar-refractivity contribution in [2.75, 3.05) is 0 Å². The SMILES string of the molecule is CC(C)NS(=O)(=O)c1ccc(CN)cc1Br. The molecule has 16 heavy (non-hydrogen) atoms. The van der Waals surface area contributed by atoms with Crippen LogP contribution in [0.25, 0.3) is 0 Å². The normalized spacial score (nSPS) is 12.1. The van der Waals surface area contributed by atoms with E-state index in [9.17, 15) is 8.42 Å². The topological polar surface area (TPSA) is 72.2 Å². The van der Waals surface area contributed by atoms with Crippen LogP contribution in [0.1, 0.15) is 19.4 Å². The number of rotatable bonds is 4. The molecule has 0 saturated heterocycles. The van der Waals surface area contributed by atoms with Gasteiger partial charge in [-0.1, -0.05) is 6.07 Å². The van der Waals surface area contributed by atoms with E-state index in [2.05, 4.69) is 20.7 Å². The Bertz CT molecular complexity index is 472. The van der Waals surface area contributed by atoms with E-state index in [0.717, 1.165) is 5.56 Å². The van der Waals surface area contributed by atoms with Gasteiger partial charge in [0, 0.05) is 17.1 Å². The monoisotopic (exact) mass is 306 g/mol. The Morgan fingerprint density at radius 1 is 1.44 bits per heavy atom. The Morgan fingerprint density at radius 2 is 2.06 bits per heavy atom. The zero-order valence-corrected chi connectivity index (χ0v) is 11.6. The second-order valence-electron chi connectivity index (χ2n) is 3.74. The summed E-state index contributed by atoms with van der Waals surface area (Å²) >= 11 is 3.24. The van der Waals surface area contributed by atoms with E-state index in [4.69, 9.17) is 5.73 Å². The molecule has 0 heterocycles. The molecule has 0 aliphatic carbocycles. The van der Waals surface area contributed by atoms with Gasteiger partial charge in [0.05, 0.1) is 4.90 Å². The fourth-order valence-electron chi connectivity index (χ4n) is 1.26. The van der Waals surface area contributed by atoms with Gasteiger partial charge in [-0.2, -0.15) is 0 Å². The van der Waals surface area contributed by atoms with Crippen LogP contribution in [0.15, 0.2) is 27.6 Å². The molecule has 0 saturated carbocycles. The van der Waals surface area contributed by atoms with E-state index in [-0.39, 0.29) is 10.9 Å². The smallest absolute Gasteiger partial charge is 0.241 e. The van der Waals surface area contributed by atoms with Gasteiger partial charge in [-0.3, -0.25) is 0 Å². The van der Waals surface area contributed by atoms with Crippen LogP contribution in [-0.4, -0.2) is 14.5 Å². The minimum atomic E-state index is -3.45. The molecule has 0 aliphatic heterocycles. The molecule has 1 rings (SSSR count). The first-order chi connectivity index (χ1) is 7.36. The van der Waals surface area contributed by atoms with Gasteiger partial charge >= 0.3 is 0 Å². The van der Waals surface area contributed by atoms with Crippen LogP contribution >= 0.6 is 15.9 Å². The minimum absolute atomic E-state index is 0.133. The molecular weight excluding hydrogens is 292 g/mol. The summed E-state index contributed by atoms with van der Waals surface area (Å²) in [5, 5.41) is 0. The van der Waals surface area contributed by atoms with Crippen LogP contribution < -0.4 is 10.5 Å². The van der Waals surface area contributed by atoms with Gasteiger partial charge in [0.1, 0.15) is 0 Å². The Morgan fingerprint density at radius 3 is 2.50 bits per heavy atom. The standard InChI is InChI=1S/C10H15BrN2O2S/c1-7(2)13-16(14,15)10-4-3-8(6-12)5-9(10)11/h3-5,7,13H,6,12H2,1-2H3. The van der Waals surface area contributed by atoms with Gasteiger partial charge in [-0.15, -0.1) is 0 Å². The lowest BCUT2D eigenvalue weighted by Crippen LogP contribution is -2.30. The van der Waals surface area contributed by atoms with Crippen LogP contribution in [0.2, 0.25) is 0 Å². The van der Waals surface area contributed by atoms with Crippen molar-refractivity contribution < 1.29 is 8.42 Å². The van der Waals surface area contributed by atoms with Gasteiger partial charge < -0.3 is 5.73 Å². The number of sulfonamides is 1. The number of halogens is 1. The third kappa shape index (κ3) is 3.28. The summed E-state index contributed by atoms with van der Waals surface area (Å²) in [5.74, 6) is 0. The predicted molar refractivity (Wildman–Crippen MR) is 67.5 cm³/mol. The first-order valence-corrected chi connectivity index (χ1v) is 7.15. The van der Waals surface area contributed by atoms with Gasteiger partial charge in [0.25, 0.3) is 0 Å². The number of nitrogens with one attached hydrogen (secondary N) is 1. The average molecular weight is 307 g/mol. The van der Waals surface area contributed by atoms with Gasteiger partial charge in [-0.25, -0.2) is 13.1 Å². The molecule has 0 amide bonds. The maximum atomic E-state index is 11.9. The third-order valence-corrected chi connectivity index (χ3v) is 4.55. The molecule has 6 heteroatoms. The first kappa shape index (κ1) is 13.6. The van der Waals surface area contributed by atoms with E-state index < -0.39 is 10.0 Å². The van der Waals surface area contributed by atoms with Crippen LogP contribution in [0, 0.1) is 0 Å². The highest BCUT2D eigenvalue weighted by Gasteiger charge is 2.18. The Hall–Kier alpha value is -0.430. The molecule has 0 fully saturated rings. The lowest BCUT2D eigenvalue weighted by atomic mass is 10.2. The van der Waals surface area contributed by atoms with Gasteiger partial charge in [0.2, 0.25) is 10.0 Å². The highest BCUT2D eigenvalue weighted by atomic mass is 79.9. The van der Waals surface area contributed by atoms with Gasteiger partial charge in [-0.05, 0) is 47.5 Å². The zero-order chi connectivity index (χ0) is 12.3. The molecule has 1 aromatic carbocycles. The quantitative estimate of drug-likeness (QED) is 0.887. The van der Waals surface area contributed by atoms with Crippen molar-refractivity contribution >= 4 is 26.0 Å². The van der Waals surface area contributed by atoms with Crippen LogP contribution in [0.4, 0.5) is 0 Å². The zero-order valence-electron chi connectivity index (χ0n) is 9.20. The fraction of sp³-hybridized carbons (Fsp3) is 0.400. The van der Waals surface area contributed by atoms with E-state index >= 15 is 0 Å². The Labute approximate surface area is 104 Å². The highest BCUT2D eigenvalue weighted by Crippen LogP contribution is 2.23. The molecule has 0 aromatic heterocycles. The van der Waals surface area contributed by atoms with Crippen molar-refractivity contribution in [1.82, 2.24) is 4.72 Å². The number of benzene rings is 1. The Kier molecular flexibility index (Phi) is 4.49. The van der Waals surface area contributed by atoms with Gasteiger partial charge in [0.15, 0.2) is 0 Å². The molecule has 0 atom stereocenters. The number of hydrogen-bond acceptors (Lipinski definition) is 3. The van der Waals surface area contributed by atoms with Crippen molar-refractivity contribution in [3.8, 4) is 0 Å². The van der Waals surface area contributed by atoms with Crippen molar-refractivity contribution in [2.45, 2.75) is 31.3 Å². The molecule has 0 bridgehead atoms. The average Bonchev–Trinajstić information content (AvgIpc) is 2.14. The first-order valence-electron chi connectivity index (χ1n) is 4.87. The summed E-state index contributed by atoms with van der Waals surface area (Å²) < 4.78 is 26.8. The summed E-state index contributed by atoms with van der Waals surface area (Å²) in [6, 6.07) is 4.84. The second-order valence-corrected chi connectivity index (χ2v) is 6.28. The predicted octanol–water partition coefficient (Wildman–Crippen LogP) is 1.59. The molecule has 1 aromatic rings. The highest BCUT2D eigenvalue weighted by molar-refractivity contribution is 9.10. The van der Waals surface area contributed by atoms with Crippen LogP contribution in [0.5, 0.6) is 0 Å². The van der Waals surface area contributed by atoms with E-state index in [1.54, 1.807) is 32.0 Å². The molecule has 4 nitrogen and oxygen atoms in total. The lowest BCUT2D eigenvalue weighted by molar-refractivity contribution is 0.569. The van der Waals surface area contributed by atoms with Crippen LogP contribution in [-0.2, 0) is 16.6 Å². The molecular formula is C10H15BrN2O2S. The molecule has 0 aliphatic rings. The second kappa shape index (κ2) is 5.27. The van der Waals surface area contributed by atoms with Crippen molar-refractivity contribution in [3.63, 3.8) is 0 Å². The van der Waals surface area contributed by atoms with E-state index in [1.165, 1.54) is 0 Å². The largest absolute Gasteiger partial charge is 0.326 e. The summed E-state index contributed by atoms with van der Waals surface area (Å²) in [6.45, 7) is 3.94. The summed E-state index contributed by atoms with van der Waals surface area (Å²) in [7, 11) is -3.45. The minimum Gasteiger partial charge on any atom is -0.326 e. The molecule has 3 N–H and O–H groups in total. The summed E-state index contributed by atoms with van der Waals surface area (Å²) in [4.78, 5) is 0.235. The molecule has 0 spiro atoms. The molecule has 0 radical (unpaired) electrons.